The first-order chi connectivity index (χ1) is 23.6. The summed E-state index contributed by atoms with van der Waals surface area (Å²) in [6.07, 6.45) is 3.69. The number of para-hydroxylation sites is 2. The van der Waals surface area contributed by atoms with E-state index >= 15 is 0 Å². The summed E-state index contributed by atoms with van der Waals surface area (Å²) in [5.41, 5.74) is 1.45. The van der Waals surface area contributed by atoms with Crippen molar-refractivity contribution in [1.29, 1.82) is 0 Å². The van der Waals surface area contributed by atoms with Gasteiger partial charge >= 0.3 is 0 Å². The summed E-state index contributed by atoms with van der Waals surface area (Å²) >= 11 is 14.7. The second-order valence-electron chi connectivity index (χ2n) is 11.2. The van der Waals surface area contributed by atoms with E-state index in [1.165, 1.54) is 28.8 Å². The van der Waals surface area contributed by atoms with Crippen LogP contribution in [0.25, 0.3) is 0 Å². The van der Waals surface area contributed by atoms with E-state index in [2.05, 4.69) is 5.32 Å². The van der Waals surface area contributed by atoms with Crippen LogP contribution < -0.4 is 14.4 Å². The van der Waals surface area contributed by atoms with Gasteiger partial charge < -0.3 is 15.0 Å². The van der Waals surface area contributed by atoms with Gasteiger partial charge in [-0.2, -0.15) is 0 Å². The Morgan fingerprint density at radius 2 is 1.53 bits per heavy atom. The molecule has 4 rings (SSSR count). The Morgan fingerprint density at radius 1 is 0.878 bits per heavy atom. The normalized spacial score (nSPS) is 11.9. The minimum Gasteiger partial charge on any atom is -0.492 e. The van der Waals surface area contributed by atoms with Crippen molar-refractivity contribution >= 4 is 62.5 Å². The predicted molar refractivity (Wildman–Crippen MR) is 199 cm³/mol. The van der Waals surface area contributed by atoms with E-state index in [0.717, 1.165) is 27.6 Å². The molecule has 49 heavy (non-hydrogen) atoms. The summed E-state index contributed by atoms with van der Waals surface area (Å²) in [5.74, 6) is -0.704. The third-order valence-electron chi connectivity index (χ3n) is 7.85. The number of nitrogens with zero attached hydrogens (tertiary/aromatic N) is 2. The molecular weight excluding hydrogens is 701 g/mol. The third-order valence-corrected chi connectivity index (χ3v) is 11.1. The molecule has 4 aromatic carbocycles. The lowest BCUT2D eigenvalue weighted by Gasteiger charge is -2.34. The topological polar surface area (TPSA) is 96.0 Å². The number of benzene rings is 4. The molecule has 0 aliphatic rings. The zero-order valence-corrected chi connectivity index (χ0v) is 30.9. The van der Waals surface area contributed by atoms with Gasteiger partial charge in [-0.3, -0.25) is 13.9 Å². The second kappa shape index (κ2) is 18.3. The highest BCUT2D eigenvalue weighted by atomic mass is 35.5. The maximum atomic E-state index is 14.8. The molecule has 0 bridgehead atoms. The van der Waals surface area contributed by atoms with E-state index in [-0.39, 0.29) is 36.1 Å². The summed E-state index contributed by atoms with van der Waals surface area (Å²) in [6, 6.07) is 26.5. The molecule has 1 N–H and O–H groups in total. The molecule has 260 valence electrons. The van der Waals surface area contributed by atoms with Crippen LogP contribution in [-0.2, 0) is 32.6 Å². The Morgan fingerprint density at radius 3 is 2.16 bits per heavy atom. The summed E-state index contributed by atoms with van der Waals surface area (Å²) in [5, 5.41) is 3.61. The van der Waals surface area contributed by atoms with Gasteiger partial charge in [0.05, 0.1) is 17.2 Å². The standard InChI is InChI=1S/C37H41Cl2N3O5S2/c1-4-6-23-40-37(44)34(24-27-13-8-7-9-14-27)41(25-30-31(38)15-12-16-32(30)39)36(43)26-42(33-17-10-11-18-35(33)47-5-2)49(45,46)29-21-19-28(48-3)20-22-29/h7-22,34H,4-6,23-26H2,1-3H3,(H,40,44)/t34-/m1/s1. The van der Waals surface area contributed by atoms with Gasteiger partial charge in [-0.1, -0.05) is 85.1 Å². The number of hydrogen-bond acceptors (Lipinski definition) is 6. The molecule has 1 atom stereocenters. The molecule has 0 aliphatic heterocycles. The number of thioether (sulfide) groups is 1. The van der Waals surface area contributed by atoms with Crippen LogP contribution in [0.1, 0.15) is 37.8 Å². The molecule has 0 spiro atoms. The number of amides is 2. The van der Waals surface area contributed by atoms with Crippen molar-refractivity contribution in [2.75, 3.05) is 30.3 Å². The lowest BCUT2D eigenvalue weighted by atomic mass is 10.0. The van der Waals surface area contributed by atoms with Crippen LogP contribution in [0.3, 0.4) is 0 Å². The van der Waals surface area contributed by atoms with Gasteiger partial charge in [-0.15, -0.1) is 11.8 Å². The number of sulfonamides is 1. The SMILES string of the molecule is CCCCNC(=O)[C@@H](Cc1ccccc1)N(Cc1c(Cl)cccc1Cl)C(=O)CN(c1ccccc1OCC)S(=O)(=O)c1ccc(SC)cc1. The lowest BCUT2D eigenvalue weighted by Crippen LogP contribution is -2.53. The van der Waals surface area contributed by atoms with Crippen molar-refractivity contribution in [3.63, 3.8) is 0 Å². The minimum absolute atomic E-state index is 0.00300. The van der Waals surface area contributed by atoms with Crippen LogP contribution >= 0.6 is 35.0 Å². The Hall–Kier alpha value is -3.70. The largest absolute Gasteiger partial charge is 0.492 e. The molecular formula is C37H41Cl2N3O5S2. The number of hydrogen-bond donors (Lipinski definition) is 1. The molecule has 0 aliphatic carbocycles. The van der Waals surface area contributed by atoms with Gasteiger partial charge in [0.15, 0.2) is 0 Å². The monoisotopic (exact) mass is 741 g/mol. The Balaban J connectivity index is 1.86. The number of nitrogens with one attached hydrogen (secondary N) is 1. The number of unbranched alkanes of at least 4 members (excludes halogenated alkanes) is 1. The van der Waals surface area contributed by atoms with Gasteiger partial charge in [-0.05, 0) is 73.7 Å². The maximum absolute atomic E-state index is 14.8. The number of anilines is 1. The summed E-state index contributed by atoms with van der Waals surface area (Å²) in [6.45, 7) is 3.74. The molecule has 8 nitrogen and oxygen atoms in total. The van der Waals surface area contributed by atoms with Crippen LogP contribution in [0.2, 0.25) is 10.0 Å². The highest BCUT2D eigenvalue weighted by molar-refractivity contribution is 7.98. The fourth-order valence-corrected chi connectivity index (χ4v) is 7.59. The molecule has 0 aromatic heterocycles. The van der Waals surface area contributed by atoms with Gasteiger partial charge in [0, 0.05) is 40.0 Å². The predicted octanol–water partition coefficient (Wildman–Crippen LogP) is 7.87. The zero-order valence-electron chi connectivity index (χ0n) is 27.8. The van der Waals surface area contributed by atoms with E-state index < -0.39 is 28.5 Å². The van der Waals surface area contributed by atoms with Crippen molar-refractivity contribution in [3.05, 3.63) is 118 Å². The van der Waals surface area contributed by atoms with E-state index in [4.69, 9.17) is 27.9 Å². The molecule has 0 fully saturated rings. The number of halogens is 2. The fraction of sp³-hybridized carbons (Fsp3) is 0.297. The number of rotatable bonds is 17. The maximum Gasteiger partial charge on any atom is 0.264 e. The van der Waals surface area contributed by atoms with Crippen LogP contribution in [0, 0.1) is 0 Å². The average molecular weight is 743 g/mol. The number of carbonyl (C=O) groups excluding carboxylic acids is 2. The lowest BCUT2D eigenvalue weighted by molar-refractivity contribution is -0.140. The second-order valence-corrected chi connectivity index (χ2v) is 14.7. The molecule has 0 saturated heterocycles. The molecule has 0 radical (unpaired) electrons. The minimum atomic E-state index is -4.32. The summed E-state index contributed by atoms with van der Waals surface area (Å²) in [4.78, 5) is 31.0. The Kier molecular flexibility index (Phi) is 14.3. The highest BCUT2D eigenvalue weighted by Gasteiger charge is 2.36. The quantitative estimate of drug-likeness (QED) is 0.0875. The third kappa shape index (κ3) is 9.94. The van der Waals surface area contributed by atoms with Crippen molar-refractivity contribution in [2.45, 2.75) is 55.5 Å². The number of ether oxygens (including phenoxy) is 1. The van der Waals surface area contributed by atoms with Gasteiger partial charge in [-0.25, -0.2) is 8.42 Å². The molecule has 0 saturated carbocycles. The van der Waals surface area contributed by atoms with Gasteiger partial charge in [0.2, 0.25) is 11.8 Å². The van der Waals surface area contributed by atoms with E-state index in [9.17, 15) is 18.0 Å². The van der Waals surface area contributed by atoms with Crippen LogP contribution in [0.5, 0.6) is 5.75 Å². The smallest absolute Gasteiger partial charge is 0.264 e. The molecule has 12 heteroatoms. The first kappa shape index (κ1) is 38.1. The van der Waals surface area contributed by atoms with Crippen LogP contribution in [-0.4, -0.2) is 57.1 Å². The zero-order chi connectivity index (χ0) is 35.4. The number of carbonyl (C=O) groups is 2. The highest BCUT2D eigenvalue weighted by Crippen LogP contribution is 2.34. The fourth-order valence-electron chi connectivity index (χ4n) is 5.24. The molecule has 2 amide bonds. The first-order valence-electron chi connectivity index (χ1n) is 16.0. The van der Waals surface area contributed by atoms with Crippen LogP contribution in [0.15, 0.2) is 107 Å². The van der Waals surface area contributed by atoms with Gasteiger partial charge in [0.25, 0.3) is 10.0 Å². The first-order valence-corrected chi connectivity index (χ1v) is 19.4. The molecule has 0 heterocycles. The average Bonchev–Trinajstić information content (AvgIpc) is 3.10. The van der Waals surface area contributed by atoms with Crippen molar-refractivity contribution in [1.82, 2.24) is 10.2 Å². The molecule has 0 unspecified atom stereocenters. The van der Waals surface area contributed by atoms with E-state index in [0.29, 0.717) is 27.9 Å². The van der Waals surface area contributed by atoms with Crippen molar-refractivity contribution in [3.8, 4) is 5.75 Å². The van der Waals surface area contributed by atoms with E-state index in [1.807, 2.05) is 43.5 Å². The van der Waals surface area contributed by atoms with Crippen LogP contribution in [0.4, 0.5) is 5.69 Å². The van der Waals surface area contributed by atoms with E-state index in [1.54, 1.807) is 61.5 Å². The van der Waals surface area contributed by atoms with Gasteiger partial charge in [0.1, 0.15) is 18.3 Å². The van der Waals surface area contributed by atoms with Crippen molar-refractivity contribution < 1.29 is 22.7 Å². The summed E-state index contributed by atoms with van der Waals surface area (Å²) < 4.78 is 35.8. The molecule has 4 aromatic rings. The summed E-state index contributed by atoms with van der Waals surface area (Å²) in [7, 11) is -4.32. The van der Waals surface area contributed by atoms with Crippen molar-refractivity contribution in [2.24, 2.45) is 0 Å². The Labute approximate surface area is 303 Å². The Bertz CT molecular complexity index is 1790.